The van der Waals surface area contributed by atoms with Crippen molar-refractivity contribution in [1.29, 1.82) is 0 Å². The zero-order valence-corrected chi connectivity index (χ0v) is 11.0. The molecule has 1 amide bonds. The van der Waals surface area contributed by atoms with Gasteiger partial charge in [-0.1, -0.05) is 0 Å². The van der Waals surface area contributed by atoms with E-state index in [1.165, 1.54) is 6.42 Å². The Bertz CT molecular complexity index is 273. The molecule has 0 aromatic rings. The lowest BCUT2D eigenvalue weighted by Gasteiger charge is -2.32. The Morgan fingerprint density at radius 2 is 2.35 bits per heavy atom. The Hall–Kier alpha value is -0.610. The zero-order valence-electron chi connectivity index (χ0n) is 11.0. The van der Waals surface area contributed by atoms with Crippen LogP contribution in [0.1, 0.15) is 26.7 Å². The highest BCUT2D eigenvalue weighted by atomic mass is 16.5. The van der Waals surface area contributed by atoms with E-state index in [0.29, 0.717) is 5.92 Å². The van der Waals surface area contributed by atoms with Crippen LogP contribution in [0.2, 0.25) is 0 Å². The summed E-state index contributed by atoms with van der Waals surface area (Å²) in [5.74, 6) is 0.815. The average Bonchev–Trinajstić information content (AvgIpc) is 2.44. The third-order valence-corrected chi connectivity index (χ3v) is 3.72. The maximum Gasteiger partial charge on any atom is 0.229 e. The molecule has 2 saturated heterocycles. The second-order valence-corrected chi connectivity index (χ2v) is 5.89. The van der Waals surface area contributed by atoms with Gasteiger partial charge in [-0.15, -0.1) is 0 Å². The standard InChI is InChI=1S/C13H24N2O2/c1-13(2)10-14-5-6-15(12(13)16)8-11-4-3-7-17-9-11/h11,14H,3-10H2,1-2H3. The number of rotatable bonds is 2. The van der Waals surface area contributed by atoms with E-state index in [-0.39, 0.29) is 11.3 Å². The van der Waals surface area contributed by atoms with Crippen LogP contribution >= 0.6 is 0 Å². The van der Waals surface area contributed by atoms with E-state index in [1.54, 1.807) is 0 Å². The molecule has 2 heterocycles. The Labute approximate surface area is 104 Å². The molecule has 0 bridgehead atoms. The Balaban J connectivity index is 1.95. The SMILES string of the molecule is CC1(C)CNCCN(CC2CCCOC2)C1=O. The van der Waals surface area contributed by atoms with Gasteiger partial charge in [-0.2, -0.15) is 0 Å². The first-order valence-electron chi connectivity index (χ1n) is 6.67. The third-order valence-electron chi connectivity index (χ3n) is 3.72. The molecule has 1 N–H and O–H groups in total. The molecule has 1 unspecified atom stereocenters. The number of hydrogen-bond donors (Lipinski definition) is 1. The fourth-order valence-corrected chi connectivity index (χ4v) is 2.66. The lowest BCUT2D eigenvalue weighted by Crippen LogP contribution is -2.44. The molecule has 4 nitrogen and oxygen atoms in total. The van der Waals surface area contributed by atoms with Gasteiger partial charge in [0.1, 0.15) is 0 Å². The van der Waals surface area contributed by atoms with E-state index in [9.17, 15) is 4.79 Å². The van der Waals surface area contributed by atoms with Crippen molar-refractivity contribution < 1.29 is 9.53 Å². The van der Waals surface area contributed by atoms with Crippen LogP contribution in [-0.4, -0.2) is 50.2 Å². The van der Waals surface area contributed by atoms with Gasteiger partial charge in [0.25, 0.3) is 0 Å². The molecule has 4 heteroatoms. The summed E-state index contributed by atoms with van der Waals surface area (Å²) in [6, 6.07) is 0. The fourth-order valence-electron chi connectivity index (χ4n) is 2.66. The summed E-state index contributed by atoms with van der Waals surface area (Å²) in [6.45, 7) is 9.14. The van der Waals surface area contributed by atoms with E-state index < -0.39 is 0 Å². The number of hydrogen-bond acceptors (Lipinski definition) is 3. The minimum absolute atomic E-state index is 0.272. The summed E-state index contributed by atoms with van der Waals surface area (Å²) in [5.41, 5.74) is -0.272. The van der Waals surface area contributed by atoms with Crippen molar-refractivity contribution in [2.75, 3.05) is 39.4 Å². The van der Waals surface area contributed by atoms with Gasteiger partial charge >= 0.3 is 0 Å². The van der Waals surface area contributed by atoms with Crippen LogP contribution in [0, 0.1) is 11.3 Å². The minimum Gasteiger partial charge on any atom is -0.381 e. The minimum atomic E-state index is -0.272. The van der Waals surface area contributed by atoms with Crippen LogP contribution in [0.25, 0.3) is 0 Å². The second kappa shape index (κ2) is 5.36. The predicted molar refractivity (Wildman–Crippen MR) is 66.8 cm³/mol. The molecule has 0 aromatic heterocycles. The first-order valence-corrected chi connectivity index (χ1v) is 6.67. The number of amides is 1. The van der Waals surface area contributed by atoms with Gasteiger partial charge in [0.05, 0.1) is 12.0 Å². The van der Waals surface area contributed by atoms with Gasteiger partial charge in [0, 0.05) is 32.8 Å². The number of nitrogens with one attached hydrogen (secondary N) is 1. The van der Waals surface area contributed by atoms with Crippen molar-refractivity contribution in [3.05, 3.63) is 0 Å². The van der Waals surface area contributed by atoms with Gasteiger partial charge in [-0.05, 0) is 32.6 Å². The summed E-state index contributed by atoms with van der Waals surface area (Å²) in [6.07, 6.45) is 2.33. The van der Waals surface area contributed by atoms with Gasteiger partial charge in [-0.25, -0.2) is 0 Å². The summed E-state index contributed by atoms with van der Waals surface area (Å²) < 4.78 is 5.49. The maximum absolute atomic E-state index is 12.4. The van der Waals surface area contributed by atoms with Gasteiger partial charge in [-0.3, -0.25) is 4.79 Å². The molecular weight excluding hydrogens is 216 g/mol. The summed E-state index contributed by atoms with van der Waals surface area (Å²) >= 11 is 0. The van der Waals surface area contributed by atoms with Crippen molar-refractivity contribution in [3.8, 4) is 0 Å². The van der Waals surface area contributed by atoms with E-state index in [2.05, 4.69) is 5.32 Å². The number of carbonyl (C=O) groups excluding carboxylic acids is 1. The number of carbonyl (C=O) groups is 1. The van der Waals surface area contributed by atoms with E-state index in [4.69, 9.17) is 4.74 Å². The molecular formula is C13H24N2O2. The predicted octanol–water partition coefficient (Wildman–Crippen LogP) is 0.871. The Morgan fingerprint density at radius 3 is 3.06 bits per heavy atom. The van der Waals surface area contributed by atoms with Crippen LogP contribution < -0.4 is 5.32 Å². The number of ether oxygens (including phenoxy) is 1. The molecule has 2 rings (SSSR count). The molecule has 1 atom stereocenters. The third kappa shape index (κ3) is 3.19. The van der Waals surface area contributed by atoms with Crippen molar-refractivity contribution in [2.24, 2.45) is 11.3 Å². The zero-order chi connectivity index (χ0) is 12.3. The Morgan fingerprint density at radius 1 is 1.53 bits per heavy atom. The molecule has 0 radical (unpaired) electrons. The normalized spacial score (nSPS) is 30.1. The molecule has 0 saturated carbocycles. The summed E-state index contributed by atoms with van der Waals surface area (Å²) in [5, 5.41) is 3.34. The van der Waals surface area contributed by atoms with E-state index in [1.807, 2.05) is 18.7 Å². The summed E-state index contributed by atoms with van der Waals surface area (Å²) in [4.78, 5) is 14.4. The first kappa shape index (κ1) is 12.8. The maximum atomic E-state index is 12.4. The van der Waals surface area contributed by atoms with Crippen LogP contribution in [-0.2, 0) is 9.53 Å². The topological polar surface area (TPSA) is 41.6 Å². The monoisotopic (exact) mass is 240 g/mol. The van der Waals surface area contributed by atoms with Gasteiger partial charge in [0.2, 0.25) is 5.91 Å². The van der Waals surface area contributed by atoms with Gasteiger partial charge in [0.15, 0.2) is 0 Å². The molecule has 98 valence electrons. The molecule has 0 aromatic carbocycles. The molecule has 0 spiro atoms. The first-order chi connectivity index (χ1) is 8.09. The van der Waals surface area contributed by atoms with Crippen LogP contribution in [0.15, 0.2) is 0 Å². The van der Waals surface area contributed by atoms with Crippen molar-refractivity contribution in [1.82, 2.24) is 10.2 Å². The van der Waals surface area contributed by atoms with Crippen LogP contribution in [0.4, 0.5) is 0 Å². The van der Waals surface area contributed by atoms with Crippen LogP contribution in [0.3, 0.4) is 0 Å². The molecule has 0 aliphatic carbocycles. The highest BCUT2D eigenvalue weighted by molar-refractivity contribution is 5.82. The molecule has 2 aliphatic rings. The second-order valence-electron chi connectivity index (χ2n) is 5.89. The highest BCUT2D eigenvalue weighted by Crippen LogP contribution is 2.22. The quantitative estimate of drug-likeness (QED) is 0.779. The van der Waals surface area contributed by atoms with E-state index in [0.717, 1.165) is 45.8 Å². The van der Waals surface area contributed by atoms with Gasteiger partial charge < -0.3 is 15.0 Å². The summed E-state index contributed by atoms with van der Waals surface area (Å²) in [7, 11) is 0. The molecule has 17 heavy (non-hydrogen) atoms. The fraction of sp³-hybridized carbons (Fsp3) is 0.923. The lowest BCUT2D eigenvalue weighted by atomic mass is 9.91. The lowest BCUT2D eigenvalue weighted by molar-refractivity contribution is -0.140. The van der Waals surface area contributed by atoms with Crippen LogP contribution in [0.5, 0.6) is 0 Å². The average molecular weight is 240 g/mol. The van der Waals surface area contributed by atoms with Crippen molar-refractivity contribution >= 4 is 5.91 Å². The van der Waals surface area contributed by atoms with E-state index >= 15 is 0 Å². The Kier molecular flexibility index (Phi) is 4.05. The largest absolute Gasteiger partial charge is 0.381 e. The highest BCUT2D eigenvalue weighted by Gasteiger charge is 2.34. The van der Waals surface area contributed by atoms with Crippen molar-refractivity contribution in [2.45, 2.75) is 26.7 Å². The number of nitrogens with zero attached hydrogens (tertiary/aromatic N) is 1. The van der Waals surface area contributed by atoms with Crippen molar-refractivity contribution in [3.63, 3.8) is 0 Å². The molecule has 2 aliphatic heterocycles. The molecule has 2 fully saturated rings. The smallest absolute Gasteiger partial charge is 0.229 e.